The summed E-state index contributed by atoms with van der Waals surface area (Å²) in [4.78, 5) is 14.6. The second-order valence-corrected chi connectivity index (χ2v) is 5.19. The van der Waals surface area contributed by atoms with Crippen molar-refractivity contribution in [2.75, 3.05) is 23.8 Å². The van der Waals surface area contributed by atoms with Gasteiger partial charge >= 0.3 is 6.09 Å². The highest BCUT2D eigenvalue weighted by molar-refractivity contribution is 5.83. The smallest absolute Gasteiger partial charge is 0.412 e. The highest BCUT2D eigenvalue weighted by Gasteiger charge is 2.05. The fourth-order valence-electron chi connectivity index (χ4n) is 2.43. The molecule has 0 unspecified atom stereocenters. The van der Waals surface area contributed by atoms with Gasteiger partial charge in [0.15, 0.2) is 5.82 Å². The molecule has 24 heavy (non-hydrogen) atoms. The average molecular weight is 325 g/mol. The number of para-hydroxylation sites is 1. The van der Waals surface area contributed by atoms with Crippen LogP contribution in [0.3, 0.4) is 0 Å². The van der Waals surface area contributed by atoms with Crippen LogP contribution < -0.4 is 10.6 Å². The van der Waals surface area contributed by atoms with Gasteiger partial charge in [-0.2, -0.15) is 0 Å². The largest absolute Gasteiger partial charge is 0.450 e. The number of anilines is 2. The zero-order chi connectivity index (χ0) is 16.8. The van der Waals surface area contributed by atoms with E-state index >= 15 is 0 Å². The van der Waals surface area contributed by atoms with Gasteiger partial charge in [-0.3, -0.25) is 5.32 Å². The molecule has 3 aromatic rings. The van der Waals surface area contributed by atoms with Crippen LogP contribution in [-0.4, -0.2) is 34.4 Å². The van der Waals surface area contributed by atoms with Gasteiger partial charge < -0.3 is 15.0 Å². The van der Waals surface area contributed by atoms with E-state index < -0.39 is 6.09 Å². The highest BCUT2D eigenvalue weighted by Crippen LogP contribution is 2.18. The Morgan fingerprint density at radius 2 is 1.96 bits per heavy atom. The molecule has 0 spiro atoms. The SMILES string of the molecule is CCOC(=O)Nc1ccc(NCCc2c[nH]c3ccccc23)nn1. The van der Waals surface area contributed by atoms with Crippen molar-refractivity contribution in [2.45, 2.75) is 13.3 Å². The third-order valence-corrected chi connectivity index (χ3v) is 3.55. The Hall–Kier alpha value is -3.09. The summed E-state index contributed by atoms with van der Waals surface area (Å²) in [6.07, 6.45) is 2.37. The van der Waals surface area contributed by atoms with Crippen molar-refractivity contribution in [3.63, 3.8) is 0 Å². The van der Waals surface area contributed by atoms with Crippen molar-refractivity contribution >= 4 is 28.6 Å². The molecule has 1 amide bonds. The van der Waals surface area contributed by atoms with Crippen molar-refractivity contribution in [1.29, 1.82) is 0 Å². The van der Waals surface area contributed by atoms with Gasteiger partial charge in [0.1, 0.15) is 5.82 Å². The number of benzene rings is 1. The molecule has 0 saturated carbocycles. The van der Waals surface area contributed by atoms with Gasteiger partial charge in [0.25, 0.3) is 0 Å². The second kappa shape index (κ2) is 7.45. The van der Waals surface area contributed by atoms with Crippen LogP contribution in [0.5, 0.6) is 0 Å². The number of carbonyl (C=O) groups excluding carboxylic acids is 1. The Kier molecular flexibility index (Phi) is 4.90. The number of fused-ring (bicyclic) bond motifs is 1. The molecule has 3 rings (SSSR count). The summed E-state index contributed by atoms with van der Waals surface area (Å²) in [5, 5.41) is 14.9. The van der Waals surface area contributed by atoms with Crippen molar-refractivity contribution in [3.8, 4) is 0 Å². The molecule has 7 heteroatoms. The fourth-order valence-corrected chi connectivity index (χ4v) is 2.43. The van der Waals surface area contributed by atoms with Crippen molar-refractivity contribution in [3.05, 3.63) is 48.2 Å². The first-order valence-corrected chi connectivity index (χ1v) is 7.82. The van der Waals surface area contributed by atoms with E-state index in [1.54, 1.807) is 19.1 Å². The van der Waals surface area contributed by atoms with Gasteiger partial charge in [-0.15, -0.1) is 10.2 Å². The van der Waals surface area contributed by atoms with E-state index in [9.17, 15) is 4.79 Å². The molecule has 0 radical (unpaired) electrons. The molecule has 3 N–H and O–H groups in total. The first-order valence-electron chi connectivity index (χ1n) is 7.82. The van der Waals surface area contributed by atoms with Crippen LogP contribution in [0, 0.1) is 0 Å². The molecule has 1 aromatic carbocycles. The normalized spacial score (nSPS) is 10.5. The van der Waals surface area contributed by atoms with Crippen LogP contribution in [-0.2, 0) is 11.2 Å². The molecule has 0 bridgehead atoms. The number of carbonyl (C=O) groups is 1. The molecule has 0 atom stereocenters. The Bertz CT molecular complexity index is 813. The summed E-state index contributed by atoms with van der Waals surface area (Å²) in [7, 11) is 0. The van der Waals surface area contributed by atoms with Gasteiger partial charge in [0.05, 0.1) is 6.61 Å². The number of H-pyrrole nitrogens is 1. The molecule has 2 aromatic heterocycles. The van der Waals surface area contributed by atoms with Crippen molar-refractivity contribution in [2.24, 2.45) is 0 Å². The lowest BCUT2D eigenvalue weighted by Gasteiger charge is -2.06. The average Bonchev–Trinajstić information content (AvgIpc) is 3.00. The third-order valence-electron chi connectivity index (χ3n) is 3.55. The molecule has 2 heterocycles. The summed E-state index contributed by atoms with van der Waals surface area (Å²) in [5.41, 5.74) is 2.40. The zero-order valence-electron chi connectivity index (χ0n) is 13.4. The lowest BCUT2D eigenvalue weighted by Crippen LogP contribution is -2.15. The zero-order valence-corrected chi connectivity index (χ0v) is 13.4. The van der Waals surface area contributed by atoms with Crippen molar-refractivity contribution < 1.29 is 9.53 Å². The van der Waals surface area contributed by atoms with E-state index in [-0.39, 0.29) is 0 Å². The molecule has 0 aliphatic rings. The van der Waals surface area contributed by atoms with E-state index in [2.05, 4.69) is 37.9 Å². The number of aromatic amines is 1. The number of rotatable bonds is 6. The van der Waals surface area contributed by atoms with Gasteiger partial charge in [-0.05, 0) is 37.1 Å². The van der Waals surface area contributed by atoms with Gasteiger partial charge in [0.2, 0.25) is 0 Å². The van der Waals surface area contributed by atoms with Crippen LogP contribution in [0.1, 0.15) is 12.5 Å². The van der Waals surface area contributed by atoms with Crippen LogP contribution in [0.4, 0.5) is 16.4 Å². The van der Waals surface area contributed by atoms with E-state index in [0.717, 1.165) is 18.5 Å². The first-order chi connectivity index (χ1) is 11.8. The predicted octanol–water partition coefficient (Wildman–Crippen LogP) is 3.18. The molecular formula is C17H19N5O2. The van der Waals surface area contributed by atoms with E-state index in [4.69, 9.17) is 4.74 Å². The van der Waals surface area contributed by atoms with E-state index in [0.29, 0.717) is 18.2 Å². The number of nitrogens with one attached hydrogen (secondary N) is 3. The topological polar surface area (TPSA) is 91.9 Å². The monoisotopic (exact) mass is 325 g/mol. The fraction of sp³-hybridized carbons (Fsp3) is 0.235. The summed E-state index contributed by atoms with van der Waals surface area (Å²) >= 11 is 0. The summed E-state index contributed by atoms with van der Waals surface area (Å²) in [6, 6.07) is 11.7. The summed E-state index contributed by atoms with van der Waals surface area (Å²) < 4.78 is 4.78. The Labute approximate surface area is 139 Å². The Morgan fingerprint density at radius 1 is 1.17 bits per heavy atom. The lowest BCUT2D eigenvalue weighted by atomic mass is 10.1. The number of amides is 1. The standard InChI is InChI=1S/C17H19N5O2/c1-2-24-17(23)20-16-8-7-15(21-22-16)18-10-9-12-11-19-14-6-4-3-5-13(12)14/h3-8,11,19H,2,9-10H2,1H3,(H,18,21)(H,20,22,23). The maximum absolute atomic E-state index is 11.3. The number of nitrogens with zero attached hydrogens (tertiary/aromatic N) is 2. The molecule has 0 fully saturated rings. The molecular weight excluding hydrogens is 306 g/mol. The molecule has 0 aliphatic carbocycles. The maximum atomic E-state index is 11.3. The van der Waals surface area contributed by atoms with E-state index in [1.807, 2.05) is 18.3 Å². The quantitative estimate of drug-likeness (QED) is 0.647. The predicted molar refractivity (Wildman–Crippen MR) is 93.2 cm³/mol. The molecule has 124 valence electrons. The minimum absolute atomic E-state index is 0.312. The van der Waals surface area contributed by atoms with Crippen LogP contribution in [0.2, 0.25) is 0 Å². The van der Waals surface area contributed by atoms with Crippen LogP contribution in [0.15, 0.2) is 42.6 Å². The van der Waals surface area contributed by atoms with Gasteiger partial charge in [-0.25, -0.2) is 4.79 Å². The second-order valence-electron chi connectivity index (χ2n) is 5.19. The minimum Gasteiger partial charge on any atom is -0.450 e. The third kappa shape index (κ3) is 3.81. The molecule has 0 saturated heterocycles. The number of hydrogen-bond donors (Lipinski definition) is 3. The van der Waals surface area contributed by atoms with Crippen molar-refractivity contribution in [1.82, 2.24) is 15.2 Å². The van der Waals surface area contributed by atoms with E-state index in [1.165, 1.54) is 10.9 Å². The Balaban J connectivity index is 1.52. The molecule has 7 nitrogen and oxygen atoms in total. The minimum atomic E-state index is -0.535. The summed E-state index contributed by atoms with van der Waals surface area (Å²) in [5.74, 6) is 1.01. The number of hydrogen-bond acceptors (Lipinski definition) is 5. The van der Waals surface area contributed by atoms with Gasteiger partial charge in [-0.1, -0.05) is 18.2 Å². The number of aromatic nitrogens is 3. The maximum Gasteiger partial charge on any atom is 0.412 e. The molecule has 0 aliphatic heterocycles. The summed E-state index contributed by atoms with van der Waals surface area (Å²) in [6.45, 7) is 2.79. The van der Waals surface area contributed by atoms with Crippen LogP contribution in [0.25, 0.3) is 10.9 Å². The Morgan fingerprint density at radius 3 is 2.75 bits per heavy atom. The lowest BCUT2D eigenvalue weighted by molar-refractivity contribution is 0.168. The number of ether oxygens (including phenoxy) is 1. The highest BCUT2D eigenvalue weighted by atomic mass is 16.5. The van der Waals surface area contributed by atoms with Crippen LogP contribution >= 0.6 is 0 Å². The van der Waals surface area contributed by atoms with Gasteiger partial charge in [0, 0.05) is 23.6 Å². The first kappa shape index (κ1) is 15.8.